The number of piperidine rings is 1. The highest BCUT2D eigenvalue weighted by molar-refractivity contribution is 5.91. The number of hydrogen-bond acceptors (Lipinski definition) is 3. The van der Waals surface area contributed by atoms with Crippen molar-refractivity contribution < 1.29 is 14.3 Å². The number of likely N-dealkylation sites (tertiary alicyclic amines) is 1. The van der Waals surface area contributed by atoms with E-state index in [9.17, 15) is 9.59 Å². The molecule has 0 aromatic heterocycles. The topological polar surface area (TPSA) is 70.7 Å². The van der Waals surface area contributed by atoms with Gasteiger partial charge in [-0.3, -0.25) is 4.79 Å². The molecule has 0 radical (unpaired) electrons. The number of carbonyl (C=O) groups is 2. The zero-order valence-electron chi connectivity index (χ0n) is 15.6. The molecule has 2 rings (SSSR count). The highest BCUT2D eigenvalue weighted by atomic mass is 16.5. The number of carbonyl (C=O) groups excluding carboxylic acids is 2. The maximum atomic E-state index is 12.4. The molecule has 6 nitrogen and oxygen atoms in total. The van der Waals surface area contributed by atoms with Gasteiger partial charge < -0.3 is 20.3 Å². The number of methoxy groups -OCH3 is 1. The van der Waals surface area contributed by atoms with Crippen molar-refractivity contribution >= 4 is 17.6 Å². The lowest BCUT2D eigenvalue weighted by molar-refractivity contribution is -0.128. The second-order valence-corrected chi connectivity index (χ2v) is 7.52. The Bertz CT molecular complexity index is 602. The first kappa shape index (κ1) is 19.1. The fourth-order valence-corrected chi connectivity index (χ4v) is 2.78. The molecule has 0 saturated carbocycles. The Kier molecular flexibility index (Phi) is 6.28. The molecule has 1 fully saturated rings. The van der Waals surface area contributed by atoms with Crippen molar-refractivity contribution in [1.82, 2.24) is 10.2 Å². The van der Waals surface area contributed by atoms with E-state index in [0.29, 0.717) is 37.0 Å². The first-order valence-electron chi connectivity index (χ1n) is 8.78. The molecule has 25 heavy (non-hydrogen) atoms. The molecule has 1 aromatic rings. The van der Waals surface area contributed by atoms with Crippen molar-refractivity contribution in [2.24, 2.45) is 11.3 Å². The Hall–Kier alpha value is -2.24. The van der Waals surface area contributed by atoms with Crippen molar-refractivity contribution in [3.8, 4) is 5.75 Å². The summed E-state index contributed by atoms with van der Waals surface area (Å²) in [5.74, 6) is 1.14. The monoisotopic (exact) mass is 347 g/mol. The molecule has 0 atom stereocenters. The van der Waals surface area contributed by atoms with Gasteiger partial charge in [-0.25, -0.2) is 4.79 Å². The van der Waals surface area contributed by atoms with Crippen molar-refractivity contribution in [2.75, 3.05) is 32.1 Å². The third-order valence-electron chi connectivity index (χ3n) is 4.48. The van der Waals surface area contributed by atoms with Gasteiger partial charge in [0, 0.05) is 25.0 Å². The largest absolute Gasteiger partial charge is 0.495 e. The van der Waals surface area contributed by atoms with Crippen LogP contribution in [0.5, 0.6) is 5.75 Å². The van der Waals surface area contributed by atoms with E-state index >= 15 is 0 Å². The van der Waals surface area contributed by atoms with Gasteiger partial charge in [-0.2, -0.15) is 0 Å². The number of anilines is 1. The van der Waals surface area contributed by atoms with Gasteiger partial charge in [-0.15, -0.1) is 0 Å². The molecule has 1 saturated heterocycles. The van der Waals surface area contributed by atoms with Crippen molar-refractivity contribution in [3.05, 3.63) is 24.3 Å². The fourth-order valence-electron chi connectivity index (χ4n) is 2.78. The quantitative estimate of drug-likeness (QED) is 0.879. The number of nitrogens with one attached hydrogen (secondary N) is 2. The van der Waals surface area contributed by atoms with Gasteiger partial charge in [0.05, 0.1) is 12.8 Å². The summed E-state index contributed by atoms with van der Waals surface area (Å²) in [7, 11) is 1.59. The van der Waals surface area contributed by atoms with Crippen LogP contribution >= 0.6 is 0 Å². The predicted molar refractivity (Wildman–Crippen MR) is 98.8 cm³/mol. The zero-order valence-corrected chi connectivity index (χ0v) is 15.6. The smallest absolute Gasteiger partial charge is 0.321 e. The average molecular weight is 347 g/mol. The summed E-state index contributed by atoms with van der Waals surface area (Å²) >= 11 is 0. The van der Waals surface area contributed by atoms with E-state index in [4.69, 9.17) is 4.74 Å². The molecule has 3 amide bonds. The highest BCUT2D eigenvalue weighted by Crippen LogP contribution is 2.24. The van der Waals surface area contributed by atoms with E-state index < -0.39 is 0 Å². The third kappa shape index (κ3) is 5.37. The van der Waals surface area contributed by atoms with Gasteiger partial charge in [-0.05, 0) is 30.9 Å². The normalized spacial score (nSPS) is 15.6. The highest BCUT2D eigenvalue weighted by Gasteiger charge is 2.26. The molecular formula is C19H29N3O3. The second kappa shape index (κ2) is 8.23. The van der Waals surface area contributed by atoms with Gasteiger partial charge in [0.15, 0.2) is 0 Å². The maximum Gasteiger partial charge on any atom is 0.321 e. The minimum absolute atomic E-state index is 0.0730. The van der Waals surface area contributed by atoms with E-state index in [0.717, 1.165) is 12.8 Å². The summed E-state index contributed by atoms with van der Waals surface area (Å²) in [5, 5.41) is 5.93. The van der Waals surface area contributed by atoms with Crippen LogP contribution in [0, 0.1) is 11.3 Å². The number of benzene rings is 1. The van der Waals surface area contributed by atoms with Crippen molar-refractivity contribution in [3.63, 3.8) is 0 Å². The van der Waals surface area contributed by atoms with E-state index in [2.05, 4.69) is 10.6 Å². The van der Waals surface area contributed by atoms with Gasteiger partial charge in [0.25, 0.3) is 0 Å². The van der Waals surface area contributed by atoms with Crippen LogP contribution in [0.25, 0.3) is 0 Å². The average Bonchev–Trinajstić information content (AvgIpc) is 2.59. The van der Waals surface area contributed by atoms with Crippen LogP contribution < -0.4 is 15.4 Å². The Balaban J connectivity index is 1.79. The fraction of sp³-hybridized carbons (Fsp3) is 0.579. The molecule has 1 aliphatic rings. The van der Waals surface area contributed by atoms with Crippen molar-refractivity contribution in [1.29, 1.82) is 0 Å². The molecule has 2 N–H and O–H groups in total. The molecule has 0 unspecified atom stereocenters. The zero-order chi connectivity index (χ0) is 18.4. The number of para-hydroxylation sites is 2. The number of urea groups is 1. The SMILES string of the molecule is COc1ccccc1NC(=O)N1CCC(CNC(=O)C(C)(C)C)CC1. The Morgan fingerprint density at radius 3 is 2.44 bits per heavy atom. The van der Waals surface area contributed by atoms with Gasteiger partial charge in [-0.1, -0.05) is 32.9 Å². The van der Waals surface area contributed by atoms with E-state index in [1.807, 2.05) is 49.9 Å². The van der Waals surface area contributed by atoms with Crippen LogP contribution in [0.1, 0.15) is 33.6 Å². The molecule has 1 aromatic carbocycles. The number of rotatable bonds is 4. The lowest BCUT2D eigenvalue weighted by Crippen LogP contribution is -2.44. The molecule has 1 heterocycles. The molecular weight excluding hydrogens is 318 g/mol. The minimum Gasteiger partial charge on any atom is -0.495 e. The first-order valence-corrected chi connectivity index (χ1v) is 8.78. The Labute approximate surface area is 149 Å². The predicted octanol–water partition coefficient (Wildman–Crippen LogP) is 3.10. The number of ether oxygens (including phenoxy) is 1. The lowest BCUT2D eigenvalue weighted by Gasteiger charge is -2.32. The standard InChI is InChI=1S/C19H29N3O3/c1-19(2,3)17(23)20-13-14-9-11-22(12-10-14)18(24)21-15-7-5-6-8-16(15)25-4/h5-8,14H,9-13H2,1-4H3,(H,20,23)(H,21,24). The maximum absolute atomic E-state index is 12.4. The summed E-state index contributed by atoms with van der Waals surface area (Å²) in [6, 6.07) is 7.26. The van der Waals surface area contributed by atoms with Gasteiger partial charge >= 0.3 is 6.03 Å². The minimum atomic E-state index is -0.366. The second-order valence-electron chi connectivity index (χ2n) is 7.52. The van der Waals surface area contributed by atoms with Crippen LogP contribution in [0.15, 0.2) is 24.3 Å². The molecule has 6 heteroatoms. The number of hydrogen-bond donors (Lipinski definition) is 2. The van der Waals surface area contributed by atoms with Crippen LogP contribution in [-0.4, -0.2) is 43.6 Å². The van der Waals surface area contributed by atoms with Gasteiger partial charge in [0.2, 0.25) is 5.91 Å². The summed E-state index contributed by atoms with van der Waals surface area (Å²) in [6.07, 6.45) is 1.79. The number of amides is 3. The van der Waals surface area contributed by atoms with Crippen LogP contribution in [0.3, 0.4) is 0 Å². The van der Waals surface area contributed by atoms with Crippen LogP contribution in [0.2, 0.25) is 0 Å². The summed E-state index contributed by atoms with van der Waals surface area (Å²) < 4.78 is 5.26. The van der Waals surface area contributed by atoms with E-state index in [-0.39, 0.29) is 17.4 Å². The van der Waals surface area contributed by atoms with Crippen LogP contribution in [-0.2, 0) is 4.79 Å². The molecule has 0 spiro atoms. The van der Waals surface area contributed by atoms with Crippen LogP contribution in [0.4, 0.5) is 10.5 Å². The first-order chi connectivity index (χ1) is 11.8. The third-order valence-corrected chi connectivity index (χ3v) is 4.48. The van der Waals surface area contributed by atoms with E-state index in [1.54, 1.807) is 7.11 Å². The molecule has 1 aliphatic heterocycles. The van der Waals surface area contributed by atoms with E-state index in [1.165, 1.54) is 0 Å². The Morgan fingerprint density at radius 2 is 1.84 bits per heavy atom. The number of nitrogens with zero attached hydrogens (tertiary/aromatic N) is 1. The Morgan fingerprint density at radius 1 is 1.20 bits per heavy atom. The molecule has 0 aliphatic carbocycles. The summed E-state index contributed by atoms with van der Waals surface area (Å²) in [6.45, 7) is 7.79. The lowest BCUT2D eigenvalue weighted by atomic mass is 9.93. The van der Waals surface area contributed by atoms with Crippen molar-refractivity contribution in [2.45, 2.75) is 33.6 Å². The summed E-state index contributed by atoms with van der Waals surface area (Å²) in [5.41, 5.74) is 0.310. The van der Waals surface area contributed by atoms with Gasteiger partial charge in [0.1, 0.15) is 5.75 Å². The molecule has 138 valence electrons. The molecule has 0 bridgehead atoms. The summed E-state index contributed by atoms with van der Waals surface area (Å²) in [4.78, 5) is 26.2.